The zero-order chi connectivity index (χ0) is 18.2. The number of benzene rings is 3. The van der Waals surface area contributed by atoms with Gasteiger partial charge in [-0.1, -0.05) is 76.6 Å². The molecule has 0 bridgehead atoms. The average molecular weight is 409 g/mol. The number of aliphatic hydroxyl groups is 1. The van der Waals surface area contributed by atoms with Gasteiger partial charge in [0.15, 0.2) is 0 Å². The zero-order valence-electron chi connectivity index (χ0n) is 14.3. The van der Waals surface area contributed by atoms with Crippen LogP contribution in [0.5, 0.6) is 0 Å². The molecule has 3 aromatic rings. The molecule has 0 radical (unpaired) electrons. The first kappa shape index (κ1) is 18.4. The molecule has 4 heteroatoms. The van der Waals surface area contributed by atoms with Crippen molar-refractivity contribution in [1.82, 2.24) is 0 Å². The highest BCUT2D eigenvalue weighted by atomic mass is 79.9. The van der Waals surface area contributed by atoms with Gasteiger partial charge in [-0.25, -0.2) is 0 Å². The monoisotopic (exact) mass is 408 g/mol. The molecule has 0 aliphatic carbocycles. The van der Waals surface area contributed by atoms with Crippen LogP contribution in [0.4, 0.5) is 5.69 Å². The Labute approximate surface area is 162 Å². The number of rotatable bonds is 7. The van der Waals surface area contributed by atoms with Gasteiger partial charge in [-0.15, -0.1) is 0 Å². The number of halogens is 1. The van der Waals surface area contributed by atoms with Crippen LogP contribution in [0.2, 0.25) is 0 Å². The number of aliphatic hydroxyl groups excluding tert-OH is 1. The van der Waals surface area contributed by atoms with E-state index in [1.54, 1.807) is 0 Å². The van der Waals surface area contributed by atoms with E-state index in [9.17, 15) is 5.11 Å². The van der Waals surface area contributed by atoms with Gasteiger partial charge in [-0.05, 0) is 35.4 Å². The number of hydrogen-bond acceptors (Lipinski definition) is 3. The molecule has 0 aliphatic heterocycles. The van der Waals surface area contributed by atoms with Gasteiger partial charge in [0, 0.05) is 17.3 Å². The van der Waals surface area contributed by atoms with E-state index in [4.69, 9.17) is 0 Å². The minimum absolute atomic E-state index is 0.536. The smallest absolute Gasteiger partial charge is 0.0982 e. The molecule has 0 saturated heterocycles. The van der Waals surface area contributed by atoms with Gasteiger partial charge in [0.2, 0.25) is 0 Å². The molecule has 3 nitrogen and oxygen atoms in total. The fraction of sp³-hybridized carbons (Fsp3) is 0.136. The molecule has 3 rings (SSSR count). The predicted molar refractivity (Wildman–Crippen MR) is 111 cm³/mol. The zero-order valence-corrected chi connectivity index (χ0v) is 15.9. The molecular weight excluding hydrogens is 388 g/mol. The van der Waals surface area contributed by atoms with Crippen molar-refractivity contribution < 1.29 is 5.11 Å². The number of nitrogens with one attached hydrogen (secondary N) is 1. The summed E-state index contributed by atoms with van der Waals surface area (Å²) in [5.74, 6) is 0. The molecule has 0 fully saturated rings. The maximum atomic E-state index is 10.8. The van der Waals surface area contributed by atoms with Crippen molar-refractivity contribution in [3.05, 3.63) is 101 Å². The van der Waals surface area contributed by atoms with Crippen molar-refractivity contribution in [3.8, 4) is 0 Å². The van der Waals surface area contributed by atoms with E-state index < -0.39 is 6.10 Å². The van der Waals surface area contributed by atoms with Crippen molar-refractivity contribution in [3.63, 3.8) is 0 Å². The van der Waals surface area contributed by atoms with Crippen molar-refractivity contribution in [1.29, 1.82) is 0 Å². The summed E-state index contributed by atoms with van der Waals surface area (Å²) in [6.07, 6.45) is 0.480. The Kier molecular flexibility index (Phi) is 6.58. The van der Waals surface area contributed by atoms with Crippen LogP contribution in [0.1, 0.15) is 11.1 Å². The highest BCUT2D eigenvalue weighted by Gasteiger charge is 2.14. The number of anilines is 1. The lowest BCUT2D eigenvalue weighted by molar-refractivity contribution is 0.240. The summed E-state index contributed by atoms with van der Waals surface area (Å²) in [7, 11) is 0. The molecule has 0 spiro atoms. The largest absolute Gasteiger partial charge is 0.387 e. The first-order valence-corrected chi connectivity index (χ1v) is 9.34. The molecule has 1 atom stereocenters. The van der Waals surface area contributed by atoms with Crippen LogP contribution >= 0.6 is 15.9 Å². The van der Waals surface area contributed by atoms with Crippen molar-refractivity contribution >= 4 is 27.3 Å². The molecular formula is C22H21BrN2O. The Bertz CT molecular complexity index is 833. The lowest BCUT2D eigenvalue weighted by atomic mass is 9.99. The Morgan fingerprint density at radius 3 is 2.04 bits per heavy atom. The van der Waals surface area contributed by atoms with Crippen LogP contribution in [-0.4, -0.2) is 16.9 Å². The highest BCUT2D eigenvalue weighted by molar-refractivity contribution is 9.10. The van der Waals surface area contributed by atoms with Gasteiger partial charge in [-0.3, -0.25) is 5.43 Å². The Hall–Kier alpha value is -2.43. The molecule has 0 aliphatic rings. The SMILES string of the molecule is O[C@@H](Cc1ccccc1)/C(Cc1ccccc1)=N\Nc1ccc(Br)cc1. The van der Waals surface area contributed by atoms with Crippen LogP contribution in [-0.2, 0) is 12.8 Å². The van der Waals surface area contributed by atoms with Gasteiger partial charge >= 0.3 is 0 Å². The standard InChI is InChI=1S/C22H21BrN2O/c23-19-11-13-20(14-12-19)24-25-21(15-17-7-3-1-4-8-17)22(26)16-18-9-5-2-6-10-18/h1-14,22,24,26H,15-16H2/b25-21-/t22-/m0/s1. The van der Waals surface area contributed by atoms with E-state index in [-0.39, 0.29) is 0 Å². The third-order valence-corrected chi connectivity index (χ3v) is 4.59. The fourth-order valence-electron chi connectivity index (χ4n) is 2.65. The summed E-state index contributed by atoms with van der Waals surface area (Å²) >= 11 is 3.43. The highest BCUT2D eigenvalue weighted by Crippen LogP contribution is 2.15. The second-order valence-electron chi connectivity index (χ2n) is 6.09. The first-order valence-electron chi connectivity index (χ1n) is 8.54. The van der Waals surface area contributed by atoms with Gasteiger partial charge < -0.3 is 5.11 Å². The van der Waals surface area contributed by atoms with Crippen molar-refractivity contribution in [2.75, 3.05) is 5.43 Å². The minimum Gasteiger partial charge on any atom is -0.387 e. The summed E-state index contributed by atoms with van der Waals surface area (Å²) in [6, 6.07) is 27.8. The molecule has 132 valence electrons. The normalized spacial score (nSPS) is 12.6. The summed E-state index contributed by atoms with van der Waals surface area (Å²) in [4.78, 5) is 0. The van der Waals surface area contributed by atoms with E-state index >= 15 is 0 Å². The van der Waals surface area contributed by atoms with Gasteiger partial charge in [-0.2, -0.15) is 5.10 Å². The van der Waals surface area contributed by atoms with Crippen LogP contribution in [0, 0.1) is 0 Å². The van der Waals surface area contributed by atoms with Crippen LogP contribution in [0.25, 0.3) is 0 Å². The lowest BCUT2D eigenvalue weighted by Crippen LogP contribution is -2.26. The summed E-state index contributed by atoms with van der Waals surface area (Å²) in [6.45, 7) is 0. The van der Waals surface area contributed by atoms with Crippen LogP contribution in [0.3, 0.4) is 0 Å². The second kappa shape index (κ2) is 9.32. The van der Waals surface area contributed by atoms with E-state index in [0.717, 1.165) is 21.3 Å². The second-order valence-corrected chi connectivity index (χ2v) is 7.01. The topological polar surface area (TPSA) is 44.6 Å². The summed E-state index contributed by atoms with van der Waals surface area (Å²) < 4.78 is 1.01. The number of nitrogens with zero attached hydrogens (tertiary/aromatic N) is 1. The fourth-order valence-corrected chi connectivity index (χ4v) is 2.92. The molecule has 0 saturated carbocycles. The molecule has 26 heavy (non-hydrogen) atoms. The number of hydrazone groups is 1. The van der Waals surface area contributed by atoms with Gasteiger partial charge in [0.05, 0.1) is 17.5 Å². The predicted octanol–water partition coefficient (Wildman–Crippen LogP) is 5.06. The summed E-state index contributed by atoms with van der Waals surface area (Å²) in [5.41, 5.74) is 6.87. The Balaban J connectivity index is 1.78. The average Bonchev–Trinajstić information content (AvgIpc) is 2.68. The van der Waals surface area contributed by atoms with E-state index in [1.165, 1.54) is 0 Å². The molecule has 3 aromatic carbocycles. The summed E-state index contributed by atoms with van der Waals surface area (Å²) in [5, 5.41) is 15.3. The third kappa shape index (κ3) is 5.55. The van der Waals surface area contributed by atoms with E-state index in [0.29, 0.717) is 18.6 Å². The van der Waals surface area contributed by atoms with Crippen LogP contribution in [0.15, 0.2) is 94.5 Å². The maximum absolute atomic E-state index is 10.8. The molecule has 0 heterocycles. The molecule has 0 unspecified atom stereocenters. The Morgan fingerprint density at radius 2 is 1.42 bits per heavy atom. The van der Waals surface area contributed by atoms with Crippen molar-refractivity contribution in [2.24, 2.45) is 5.10 Å². The van der Waals surface area contributed by atoms with Gasteiger partial charge in [0.25, 0.3) is 0 Å². The molecule has 0 amide bonds. The van der Waals surface area contributed by atoms with E-state index in [1.807, 2.05) is 84.9 Å². The first-order chi connectivity index (χ1) is 12.7. The quantitative estimate of drug-likeness (QED) is 0.423. The van der Waals surface area contributed by atoms with Gasteiger partial charge in [0.1, 0.15) is 0 Å². The maximum Gasteiger partial charge on any atom is 0.0982 e. The lowest BCUT2D eigenvalue weighted by Gasteiger charge is -2.15. The number of hydrogen-bond donors (Lipinski definition) is 2. The molecule has 2 N–H and O–H groups in total. The minimum atomic E-state index is -0.652. The van der Waals surface area contributed by atoms with E-state index in [2.05, 4.69) is 26.5 Å². The Morgan fingerprint density at radius 1 is 0.846 bits per heavy atom. The van der Waals surface area contributed by atoms with Crippen LogP contribution < -0.4 is 5.43 Å². The van der Waals surface area contributed by atoms with Crippen molar-refractivity contribution in [2.45, 2.75) is 18.9 Å². The molecule has 0 aromatic heterocycles. The third-order valence-electron chi connectivity index (χ3n) is 4.06.